The van der Waals surface area contributed by atoms with Gasteiger partial charge in [0.2, 0.25) is 0 Å². The lowest BCUT2D eigenvalue weighted by atomic mass is 10.3. The Morgan fingerprint density at radius 3 is 2.41 bits per heavy atom. The zero-order valence-corrected chi connectivity index (χ0v) is 14.3. The van der Waals surface area contributed by atoms with E-state index in [-0.39, 0.29) is 11.4 Å². The highest BCUT2D eigenvalue weighted by Gasteiger charge is 2.28. The van der Waals surface area contributed by atoms with Gasteiger partial charge in [-0.15, -0.1) is 0 Å². The highest BCUT2D eigenvalue weighted by Crippen LogP contribution is 2.21. The Morgan fingerprint density at radius 2 is 1.78 bits per heavy atom. The first-order chi connectivity index (χ1) is 12.8. The summed E-state index contributed by atoms with van der Waals surface area (Å²) < 4.78 is 42.7. The van der Waals surface area contributed by atoms with Crippen LogP contribution in [0.3, 0.4) is 0 Å². The van der Waals surface area contributed by atoms with E-state index in [9.17, 15) is 18.0 Å². The van der Waals surface area contributed by atoms with Gasteiger partial charge in [-0.05, 0) is 49.4 Å². The number of amides is 1. The van der Waals surface area contributed by atoms with E-state index in [1.807, 2.05) is 37.3 Å². The first-order valence-electron chi connectivity index (χ1n) is 8.05. The number of aromatic nitrogens is 2. The van der Waals surface area contributed by atoms with Crippen molar-refractivity contribution in [1.82, 2.24) is 9.78 Å². The minimum atomic E-state index is -4.40. The summed E-state index contributed by atoms with van der Waals surface area (Å²) in [5.41, 5.74) is 2.28. The minimum Gasteiger partial charge on any atom is -0.484 e. The van der Waals surface area contributed by atoms with Crippen LogP contribution in [0.15, 0.2) is 60.7 Å². The lowest BCUT2D eigenvalue weighted by Gasteiger charge is -2.09. The lowest BCUT2D eigenvalue weighted by Crippen LogP contribution is -2.19. The summed E-state index contributed by atoms with van der Waals surface area (Å²) in [6.07, 6.45) is -4.40. The smallest absolute Gasteiger partial charge is 0.422 e. The number of benzene rings is 2. The van der Waals surface area contributed by atoms with E-state index in [1.165, 1.54) is 24.3 Å². The molecule has 3 rings (SSSR count). The Hall–Kier alpha value is -3.29. The van der Waals surface area contributed by atoms with Crippen LogP contribution in [0.2, 0.25) is 0 Å². The van der Waals surface area contributed by atoms with Gasteiger partial charge in [-0.1, -0.05) is 18.2 Å². The summed E-state index contributed by atoms with van der Waals surface area (Å²) in [5.74, 6) is -0.355. The van der Waals surface area contributed by atoms with E-state index >= 15 is 0 Å². The molecule has 140 valence electrons. The van der Waals surface area contributed by atoms with Crippen LogP contribution in [0.25, 0.3) is 5.69 Å². The molecule has 0 fully saturated rings. The van der Waals surface area contributed by atoms with E-state index < -0.39 is 18.7 Å². The van der Waals surface area contributed by atoms with E-state index in [0.29, 0.717) is 5.69 Å². The summed E-state index contributed by atoms with van der Waals surface area (Å²) in [5, 5.41) is 6.96. The summed E-state index contributed by atoms with van der Waals surface area (Å²) in [4.78, 5) is 12.4. The molecule has 0 atom stereocenters. The third-order valence-corrected chi connectivity index (χ3v) is 3.64. The summed E-state index contributed by atoms with van der Waals surface area (Å²) >= 11 is 0. The second-order valence-corrected chi connectivity index (χ2v) is 5.80. The molecule has 5 nitrogen and oxygen atoms in total. The normalized spacial score (nSPS) is 11.3. The van der Waals surface area contributed by atoms with Crippen LogP contribution in [0.4, 0.5) is 18.9 Å². The molecule has 1 amide bonds. The second kappa shape index (κ2) is 7.53. The Morgan fingerprint density at radius 1 is 1.11 bits per heavy atom. The number of aryl methyl sites for hydroxylation is 1. The van der Waals surface area contributed by atoms with Gasteiger partial charge in [0, 0.05) is 11.4 Å². The molecule has 0 unspecified atom stereocenters. The van der Waals surface area contributed by atoms with Crippen molar-refractivity contribution in [2.45, 2.75) is 13.1 Å². The number of halogens is 3. The van der Waals surface area contributed by atoms with Crippen LogP contribution in [0.1, 0.15) is 16.2 Å². The topological polar surface area (TPSA) is 56.1 Å². The number of nitrogens with zero attached hydrogens (tertiary/aromatic N) is 2. The van der Waals surface area contributed by atoms with Gasteiger partial charge in [0.15, 0.2) is 12.3 Å². The molecule has 1 N–H and O–H groups in total. The van der Waals surface area contributed by atoms with Crippen LogP contribution >= 0.6 is 0 Å². The van der Waals surface area contributed by atoms with Gasteiger partial charge in [-0.25, -0.2) is 4.68 Å². The molecule has 0 aliphatic heterocycles. The number of rotatable bonds is 5. The maximum absolute atomic E-state index is 12.4. The minimum absolute atomic E-state index is 0.0644. The largest absolute Gasteiger partial charge is 0.484 e. The quantitative estimate of drug-likeness (QED) is 0.720. The molecule has 0 spiro atoms. The number of nitrogens with one attached hydrogen (secondary N) is 1. The third-order valence-electron chi connectivity index (χ3n) is 3.64. The average molecular weight is 375 g/mol. The standard InChI is InChI=1S/C19H16F3N3O2/c1-13-11-17(24-25(13)15-5-3-2-4-6-15)18(26)23-14-7-9-16(10-8-14)27-12-19(20,21)22/h2-11H,12H2,1H3,(H,23,26). The summed E-state index contributed by atoms with van der Waals surface area (Å²) in [6, 6.07) is 16.7. The van der Waals surface area contributed by atoms with Gasteiger partial charge >= 0.3 is 6.18 Å². The Bertz CT molecular complexity index is 920. The fourth-order valence-electron chi connectivity index (χ4n) is 2.41. The van der Waals surface area contributed by atoms with Crippen LogP contribution in [-0.4, -0.2) is 28.5 Å². The summed E-state index contributed by atoms with van der Waals surface area (Å²) in [6.45, 7) is 0.471. The molecule has 1 heterocycles. The molecule has 0 radical (unpaired) electrons. The van der Waals surface area contributed by atoms with Crippen molar-refractivity contribution in [3.8, 4) is 11.4 Å². The molecule has 0 aliphatic rings. The number of anilines is 1. The van der Waals surface area contributed by atoms with E-state index in [2.05, 4.69) is 15.2 Å². The van der Waals surface area contributed by atoms with Crippen molar-refractivity contribution < 1.29 is 22.7 Å². The second-order valence-electron chi connectivity index (χ2n) is 5.80. The monoisotopic (exact) mass is 375 g/mol. The highest BCUT2D eigenvalue weighted by molar-refractivity contribution is 6.03. The van der Waals surface area contributed by atoms with E-state index in [4.69, 9.17) is 0 Å². The van der Waals surface area contributed by atoms with Crippen LogP contribution in [0, 0.1) is 6.92 Å². The Balaban J connectivity index is 1.67. The van der Waals surface area contributed by atoms with Crippen LogP contribution in [-0.2, 0) is 0 Å². The van der Waals surface area contributed by atoms with Crippen LogP contribution in [0.5, 0.6) is 5.75 Å². The predicted molar refractivity (Wildman–Crippen MR) is 94.2 cm³/mol. The highest BCUT2D eigenvalue weighted by atomic mass is 19.4. The van der Waals surface area contributed by atoms with Crippen molar-refractivity contribution in [1.29, 1.82) is 0 Å². The molecule has 3 aromatic rings. The number of carbonyl (C=O) groups excluding carboxylic acids is 1. The predicted octanol–water partition coefficient (Wildman–Crippen LogP) is 4.37. The van der Waals surface area contributed by atoms with Gasteiger partial charge in [0.25, 0.3) is 5.91 Å². The summed E-state index contributed by atoms with van der Waals surface area (Å²) in [7, 11) is 0. The molecule has 2 aromatic carbocycles. The fourth-order valence-corrected chi connectivity index (χ4v) is 2.41. The maximum Gasteiger partial charge on any atom is 0.422 e. The molecule has 8 heteroatoms. The van der Waals surface area contributed by atoms with Crippen molar-refractivity contribution in [3.05, 3.63) is 72.1 Å². The van der Waals surface area contributed by atoms with Crippen LogP contribution < -0.4 is 10.1 Å². The third kappa shape index (κ3) is 4.87. The maximum atomic E-state index is 12.4. The first-order valence-corrected chi connectivity index (χ1v) is 8.05. The van der Waals surface area contributed by atoms with Crippen molar-refractivity contribution in [2.75, 3.05) is 11.9 Å². The number of ether oxygens (including phenoxy) is 1. The molecule has 27 heavy (non-hydrogen) atoms. The van der Waals surface area contributed by atoms with E-state index in [0.717, 1.165) is 11.4 Å². The van der Waals surface area contributed by atoms with Crippen molar-refractivity contribution in [2.24, 2.45) is 0 Å². The molecular formula is C19H16F3N3O2. The Labute approximate surface area is 153 Å². The zero-order valence-electron chi connectivity index (χ0n) is 14.3. The number of para-hydroxylation sites is 1. The molecular weight excluding hydrogens is 359 g/mol. The number of alkyl halides is 3. The lowest BCUT2D eigenvalue weighted by molar-refractivity contribution is -0.153. The van der Waals surface area contributed by atoms with Crippen molar-refractivity contribution in [3.63, 3.8) is 0 Å². The van der Waals surface area contributed by atoms with Gasteiger partial charge in [0.05, 0.1) is 5.69 Å². The van der Waals surface area contributed by atoms with Gasteiger partial charge < -0.3 is 10.1 Å². The number of carbonyl (C=O) groups is 1. The number of hydrogen-bond donors (Lipinski definition) is 1. The molecule has 0 saturated heterocycles. The fraction of sp³-hybridized carbons (Fsp3) is 0.158. The number of hydrogen-bond acceptors (Lipinski definition) is 3. The Kier molecular flexibility index (Phi) is 5.16. The average Bonchev–Trinajstić information content (AvgIpc) is 3.03. The molecule has 0 bridgehead atoms. The van der Waals surface area contributed by atoms with Gasteiger partial charge in [0.1, 0.15) is 5.75 Å². The molecule has 0 aliphatic carbocycles. The molecule has 0 saturated carbocycles. The zero-order chi connectivity index (χ0) is 19.4. The van der Waals surface area contributed by atoms with Crippen molar-refractivity contribution >= 4 is 11.6 Å². The molecule has 1 aromatic heterocycles. The van der Waals surface area contributed by atoms with E-state index in [1.54, 1.807) is 10.7 Å². The van der Waals surface area contributed by atoms with Gasteiger partial charge in [-0.2, -0.15) is 18.3 Å². The van der Waals surface area contributed by atoms with Gasteiger partial charge in [-0.3, -0.25) is 4.79 Å². The SMILES string of the molecule is Cc1cc(C(=O)Nc2ccc(OCC(F)(F)F)cc2)nn1-c1ccccc1. The first kappa shape index (κ1) is 18.5.